The fourth-order valence-electron chi connectivity index (χ4n) is 2.82. The first kappa shape index (κ1) is 22.0. The van der Waals surface area contributed by atoms with Gasteiger partial charge in [-0.25, -0.2) is 9.67 Å². The number of halogens is 2. The van der Waals surface area contributed by atoms with Crippen LogP contribution < -0.4 is 15.8 Å². The molecule has 0 spiro atoms. The summed E-state index contributed by atoms with van der Waals surface area (Å²) < 4.78 is 7.07. The fourth-order valence-corrected chi connectivity index (χ4v) is 3.08. The van der Waals surface area contributed by atoms with Crippen LogP contribution in [0.5, 0.6) is 5.75 Å². The van der Waals surface area contributed by atoms with E-state index >= 15 is 0 Å². The number of anilines is 1. The highest BCUT2D eigenvalue weighted by Gasteiger charge is 2.12. The predicted octanol–water partition coefficient (Wildman–Crippen LogP) is 4.70. The number of hydrogen-bond donors (Lipinski definition) is 2. The van der Waals surface area contributed by atoms with Crippen LogP contribution in [0.4, 0.5) is 5.69 Å². The van der Waals surface area contributed by atoms with E-state index in [-0.39, 0.29) is 24.0 Å². The summed E-state index contributed by atoms with van der Waals surface area (Å²) >= 11 is 6.13. The second kappa shape index (κ2) is 9.79. The summed E-state index contributed by atoms with van der Waals surface area (Å²) in [6.45, 7) is 4.45. The van der Waals surface area contributed by atoms with Crippen molar-refractivity contribution < 1.29 is 4.74 Å². The van der Waals surface area contributed by atoms with Crippen molar-refractivity contribution in [3.63, 3.8) is 0 Å². The van der Waals surface area contributed by atoms with Gasteiger partial charge in [0.25, 0.3) is 0 Å². The van der Waals surface area contributed by atoms with Crippen LogP contribution in [0.25, 0.3) is 5.69 Å². The predicted molar refractivity (Wildman–Crippen MR) is 125 cm³/mol. The molecule has 0 saturated carbocycles. The number of guanidine groups is 1. The van der Waals surface area contributed by atoms with Gasteiger partial charge in [0.05, 0.1) is 30.1 Å². The number of nitrogens with zero attached hydrogens (tertiary/aromatic N) is 3. The number of rotatable bonds is 5. The topological polar surface area (TPSA) is 77.5 Å². The van der Waals surface area contributed by atoms with Crippen LogP contribution in [0.15, 0.2) is 53.5 Å². The molecule has 0 bridgehead atoms. The third-order valence-corrected chi connectivity index (χ3v) is 4.57. The number of aliphatic imine (C=N–C) groups is 1. The van der Waals surface area contributed by atoms with E-state index in [0.717, 1.165) is 28.3 Å². The van der Waals surface area contributed by atoms with Crippen LogP contribution >= 0.6 is 35.6 Å². The summed E-state index contributed by atoms with van der Waals surface area (Å²) in [7, 11) is 1.57. The van der Waals surface area contributed by atoms with Gasteiger partial charge in [-0.15, -0.1) is 24.0 Å². The molecule has 0 aliphatic heterocycles. The standard InChI is InChI=1S/C20H22ClN5O.HI/c1-13-17(14(2)26(25-13)16-7-5-4-6-8-16)12-23-20(22)24-15-9-10-19(27-3)18(21)11-15;/h4-11H,12H2,1-3H3,(H3,22,23,24);1H. The Morgan fingerprint density at radius 1 is 1.21 bits per heavy atom. The van der Waals surface area contributed by atoms with E-state index in [4.69, 9.17) is 22.1 Å². The maximum atomic E-state index is 6.13. The van der Waals surface area contributed by atoms with Gasteiger partial charge in [-0.05, 0) is 44.2 Å². The minimum atomic E-state index is 0. The zero-order chi connectivity index (χ0) is 19.4. The minimum absolute atomic E-state index is 0. The van der Waals surface area contributed by atoms with Crippen LogP contribution in [-0.4, -0.2) is 22.8 Å². The smallest absolute Gasteiger partial charge is 0.193 e. The molecule has 2 aromatic carbocycles. The third kappa shape index (κ3) is 4.96. The molecule has 0 amide bonds. The Hall–Kier alpha value is -2.26. The molecule has 0 aliphatic carbocycles. The van der Waals surface area contributed by atoms with Gasteiger partial charge in [-0.1, -0.05) is 29.8 Å². The van der Waals surface area contributed by atoms with E-state index in [9.17, 15) is 0 Å². The summed E-state index contributed by atoms with van der Waals surface area (Å²) in [5.74, 6) is 0.916. The normalized spacial score (nSPS) is 11.1. The largest absolute Gasteiger partial charge is 0.495 e. The monoisotopic (exact) mass is 511 g/mol. The molecule has 0 atom stereocenters. The Morgan fingerprint density at radius 3 is 2.57 bits per heavy atom. The molecule has 3 rings (SSSR count). The first-order chi connectivity index (χ1) is 13.0. The molecule has 0 saturated heterocycles. The number of benzene rings is 2. The highest BCUT2D eigenvalue weighted by atomic mass is 127. The lowest BCUT2D eigenvalue weighted by Crippen LogP contribution is -2.22. The Labute approximate surface area is 186 Å². The summed E-state index contributed by atoms with van der Waals surface area (Å²) in [5.41, 5.74) is 10.8. The highest BCUT2D eigenvalue weighted by Crippen LogP contribution is 2.27. The molecular weight excluding hydrogens is 489 g/mol. The average molecular weight is 512 g/mol. The summed E-state index contributed by atoms with van der Waals surface area (Å²) in [4.78, 5) is 4.45. The zero-order valence-electron chi connectivity index (χ0n) is 15.9. The molecule has 1 aromatic heterocycles. The van der Waals surface area contributed by atoms with Gasteiger partial charge in [0.15, 0.2) is 5.96 Å². The van der Waals surface area contributed by atoms with Crippen molar-refractivity contribution in [2.75, 3.05) is 12.4 Å². The van der Waals surface area contributed by atoms with Crippen LogP contribution in [0.2, 0.25) is 5.02 Å². The Balaban J connectivity index is 0.00000280. The molecule has 0 fully saturated rings. The fraction of sp³-hybridized carbons (Fsp3) is 0.200. The number of aryl methyl sites for hydroxylation is 1. The first-order valence-corrected chi connectivity index (χ1v) is 8.88. The Morgan fingerprint density at radius 2 is 1.93 bits per heavy atom. The van der Waals surface area contributed by atoms with Crippen molar-refractivity contribution in [3.05, 3.63) is 70.5 Å². The van der Waals surface area contributed by atoms with Crippen molar-refractivity contribution in [3.8, 4) is 11.4 Å². The molecule has 28 heavy (non-hydrogen) atoms. The number of ether oxygens (including phenoxy) is 1. The molecule has 3 aromatic rings. The molecule has 8 heteroatoms. The van der Waals surface area contributed by atoms with Gasteiger partial charge in [0, 0.05) is 16.9 Å². The molecule has 6 nitrogen and oxygen atoms in total. The van der Waals surface area contributed by atoms with Crippen molar-refractivity contribution in [1.29, 1.82) is 0 Å². The number of para-hydroxylation sites is 1. The lowest BCUT2D eigenvalue weighted by atomic mass is 10.2. The molecule has 0 radical (unpaired) electrons. The van der Waals surface area contributed by atoms with E-state index in [0.29, 0.717) is 23.3 Å². The lowest BCUT2D eigenvalue weighted by Gasteiger charge is -2.08. The lowest BCUT2D eigenvalue weighted by molar-refractivity contribution is 0.415. The van der Waals surface area contributed by atoms with Crippen LogP contribution in [0.1, 0.15) is 17.0 Å². The maximum absolute atomic E-state index is 6.13. The molecule has 3 N–H and O–H groups in total. The minimum Gasteiger partial charge on any atom is -0.495 e. The SMILES string of the molecule is COc1ccc(NC(N)=NCc2c(C)nn(-c3ccccc3)c2C)cc1Cl.I. The summed E-state index contributed by atoms with van der Waals surface area (Å²) in [6, 6.07) is 15.4. The average Bonchev–Trinajstić information content (AvgIpc) is 2.95. The maximum Gasteiger partial charge on any atom is 0.193 e. The van der Waals surface area contributed by atoms with E-state index in [1.165, 1.54) is 0 Å². The van der Waals surface area contributed by atoms with Crippen LogP contribution in [0.3, 0.4) is 0 Å². The van der Waals surface area contributed by atoms with E-state index in [1.54, 1.807) is 19.2 Å². The molecule has 1 heterocycles. The molecule has 0 aliphatic rings. The number of aromatic nitrogens is 2. The van der Waals surface area contributed by atoms with Crippen LogP contribution in [-0.2, 0) is 6.54 Å². The van der Waals surface area contributed by atoms with Gasteiger partial charge >= 0.3 is 0 Å². The van der Waals surface area contributed by atoms with Crippen molar-refractivity contribution >= 4 is 47.2 Å². The molecule has 148 valence electrons. The summed E-state index contributed by atoms with van der Waals surface area (Å²) in [5, 5.41) is 8.18. The van der Waals surface area contributed by atoms with Crippen molar-refractivity contribution in [2.24, 2.45) is 10.7 Å². The number of methoxy groups -OCH3 is 1. The van der Waals surface area contributed by atoms with Gasteiger partial charge in [0.2, 0.25) is 0 Å². The van der Waals surface area contributed by atoms with Crippen LogP contribution in [0, 0.1) is 13.8 Å². The number of nitrogens with one attached hydrogen (secondary N) is 1. The second-order valence-electron chi connectivity index (χ2n) is 6.07. The van der Waals surface area contributed by atoms with Gasteiger partial charge in [0.1, 0.15) is 5.75 Å². The van der Waals surface area contributed by atoms with Crippen molar-refractivity contribution in [1.82, 2.24) is 9.78 Å². The highest BCUT2D eigenvalue weighted by molar-refractivity contribution is 14.0. The van der Waals surface area contributed by atoms with E-state index in [1.807, 2.05) is 54.9 Å². The number of nitrogens with two attached hydrogens (primary N) is 1. The van der Waals surface area contributed by atoms with E-state index < -0.39 is 0 Å². The number of hydrogen-bond acceptors (Lipinski definition) is 3. The first-order valence-electron chi connectivity index (χ1n) is 8.50. The van der Waals surface area contributed by atoms with Gasteiger partial charge in [-0.2, -0.15) is 5.10 Å². The molecular formula is C20H23ClIN5O. The quantitative estimate of drug-likeness (QED) is 0.296. The Bertz CT molecular complexity index is 972. The second-order valence-corrected chi connectivity index (χ2v) is 6.48. The van der Waals surface area contributed by atoms with Crippen molar-refractivity contribution in [2.45, 2.75) is 20.4 Å². The van der Waals surface area contributed by atoms with Gasteiger partial charge in [-0.3, -0.25) is 0 Å². The zero-order valence-corrected chi connectivity index (χ0v) is 19.0. The van der Waals surface area contributed by atoms with E-state index in [2.05, 4.69) is 15.4 Å². The molecule has 0 unspecified atom stereocenters. The van der Waals surface area contributed by atoms with Gasteiger partial charge < -0.3 is 15.8 Å². The third-order valence-electron chi connectivity index (χ3n) is 4.27. The summed E-state index contributed by atoms with van der Waals surface area (Å²) in [6.07, 6.45) is 0. The Kier molecular flexibility index (Phi) is 7.70.